The van der Waals surface area contributed by atoms with Crippen molar-refractivity contribution in [1.82, 2.24) is 0 Å². The number of rotatable bonds is 7. The maximum Gasteiger partial charge on any atom is 0.437 e. The van der Waals surface area contributed by atoms with E-state index in [-0.39, 0.29) is 0 Å². The number of hydrogen-bond acceptors (Lipinski definition) is 0. The van der Waals surface area contributed by atoms with Crippen LogP contribution in [0.2, 0.25) is 0 Å². The third kappa shape index (κ3) is 3.87. The summed E-state index contributed by atoms with van der Waals surface area (Å²) in [5.41, 5.74) is -8.28. The van der Waals surface area contributed by atoms with E-state index in [0.29, 0.717) is 0 Å². The highest BCUT2D eigenvalue weighted by atomic mass is 35.5. The summed E-state index contributed by atoms with van der Waals surface area (Å²) in [6, 6.07) is 0. The zero-order valence-electron chi connectivity index (χ0n) is 12.9. The molecule has 0 radical (unpaired) electrons. The van der Waals surface area contributed by atoms with Crippen LogP contribution in [0.4, 0.5) is 79.0 Å². The molecule has 0 aliphatic heterocycles. The van der Waals surface area contributed by atoms with Gasteiger partial charge in [-0.3, -0.25) is 0 Å². The topological polar surface area (TPSA) is 0 Å². The molecular weight excluding hydrogens is 510 g/mol. The Kier molecular flexibility index (Phi) is 7.40. The summed E-state index contributed by atoms with van der Waals surface area (Å²) >= 11 is 4.27. The van der Waals surface area contributed by atoms with Gasteiger partial charge in [-0.2, -0.15) is 61.5 Å². The van der Waals surface area contributed by atoms with E-state index in [4.69, 9.17) is 0 Å². The fourth-order valence-electron chi connectivity index (χ4n) is 1.71. The van der Waals surface area contributed by atoms with E-state index in [0.717, 1.165) is 0 Å². The molecule has 2 unspecified atom stereocenters. The van der Waals surface area contributed by atoms with Crippen molar-refractivity contribution in [2.75, 3.05) is 0 Å². The smallest absolute Gasteiger partial charge is 0.234 e. The number of hydrogen-bond donors (Lipinski definition) is 0. The molecule has 0 saturated heterocycles. The lowest BCUT2D eigenvalue weighted by atomic mass is 9.85. The highest BCUT2D eigenvalue weighted by Crippen LogP contribution is 2.61. The Morgan fingerprint density at radius 2 is 0.933 bits per heavy atom. The molecule has 0 rings (SSSR count). The molecule has 0 nitrogen and oxygen atoms in total. The van der Waals surface area contributed by atoms with Crippen LogP contribution in [0.25, 0.3) is 0 Å². The Labute approximate surface area is 157 Å². The van der Waals surface area contributed by atoms with Gasteiger partial charge in [0.2, 0.25) is 12.3 Å². The lowest BCUT2D eigenvalue weighted by Crippen LogP contribution is -2.73. The Morgan fingerprint density at radius 3 is 1.20 bits per heavy atom. The molecule has 0 bridgehead atoms. The average Bonchev–Trinajstić information content (AvgIpc) is 2.55. The molecule has 180 valence electrons. The minimum Gasteiger partial charge on any atom is -0.234 e. The largest absolute Gasteiger partial charge is 0.437 e. The van der Waals surface area contributed by atoms with Crippen LogP contribution < -0.4 is 0 Å². The normalized spacial score (nSPS) is 18.4. The van der Waals surface area contributed by atoms with Crippen LogP contribution in [0.3, 0.4) is 0 Å². The summed E-state index contributed by atoms with van der Waals surface area (Å²) in [6.07, 6.45) is -29.5. The first kappa shape index (κ1) is 28.8. The molecule has 0 saturated carbocycles. The fraction of sp³-hybridized carbons (Fsp3) is 0.818. The fourth-order valence-corrected chi connectivity index (χ4v) is 1.85. The lowest BCUT2D eigenvalue weighted by molar-refractivity contribution is -0.425. The van der Waals surface area contributed by atoms with Gasteiger partial charge in [0.1, 0.15) is 6.33 Å². The highest BCUT2D eigenvalue weighted by Gasteiger charge is 2.91. The second-order valence-corrected chi connectivity index (χ2v) is 5.75. The Balaban J connectivity index is 6.72. The molecule has 0 amide bonds. The summed E-state index contributed by atoms with van der Waals surface area (Å²) in [4.78, 5) is 0. The second kappa shape index (κ2) is 7.72. The van der Waals surface area contributed by atoms with Gasteiger partial charge in [-0.1, -0.05) is 11.6 Å². The van der Waals surface area contributed by atoms with Crippen LogP contribution in [0, 0.1) is 0 Å². The zero-order chi connectivity index (χ0) is 24.9. The number of alkyl halides is 17. The second-order valence-electron chi connectivity index (χ2n) is 5.32. The number of halogens is 19. The zero-order valence-corrected chi connectivity index (χ0v) is 13.7. The molecule has 2 atom stereocenters. The van der Waals surface area contributed by atoms with Crippen molar-refractivity contribution in [3.63, 3.8) is 0 Å². The van der Waals surface area contributed by atoms with Crippen LogP contribution >= 0.6 is 11.6 Å². The van der Waals surface area contributed by atoms with Crippen molar-refractivity contribution >= 4 is 11.6 Å². The standard InChI is InChI=1S/C11H3ClF18/c12-2(1-13)3(14)5(16,17)9(23,24)7(20,21)4(15)6(18,19)8(22,10(25,26)27)11(28,29)30/h1,3-4H. The van der Waals surface area contributed by atoms with Crippen molar-refractivity contribution in [2.24, 2.45) is 0 Å². The third-order valence-corrected chi connectivity index (χ3v) is 3.65. The van der Waals surface area contributed by atoms with Gasteiger partial charge in [-0.15, -0.1) is 0 Å². The van der Waals surface area contributed by atoms with Crippen molar-refractivity contribution in [1.29, 1.82) is 0 Å². The van der Waals surface area contributed by atoms with E-state index < -0.39 is 65.4 Å². The summed E-state index contributed by atoms with van der Waals surface area (Å²) in [5, 5.41) is -2.66. The van der Waals surface area contributed by atoms with Gasteiger partial charge in [-0.05, 0) is 0 Å². The lowest BCUT2D eigenvalue weighted by Gasteiger charge is -2.42. The molecule has 0 fully saturated rings. The molecule has 30 heavy (non-hydrogen) atoms. The molecule has 0 spiro atoms. The van der Waals surface area contributed by atoms with Crippen LogP contribution in [-0.4, -0.2) is 54.1 Å². The molecule has 0 aromatic heterocycles. The predicted molar refractivity (Wildman–Crippen MR) is 60.6 cm³/mol. The number of allylic oxidation sites excluding steroid dienone is 1. The highest BCUT2D eigenvalue weighted by molar-refractivity contribution is 6.30. The SMILES string of the molecule is FC=C(Cl)C(F)C(F)(F)C(F)(F)C(F)(F)C(F)C(F)(F)C(F)(C(F)(F)F)C(F)(F)F. The third-order valence-electron chi connectivity index (χ3n) is 3.38. The molecule has 0 heterocycles. The molecule has 0 aliphatic carbocycles. The van der Waals surface area contributed by atoms with E-state index in [1.54, 1.807) is 0 Å². The van der Waals surface area contributed by atoms with Gasteiger partial charge in [0.25, 0.3) is 0 Å². The van der Waals surface area contributed by atoms with E-state index >= 15 is 0 Å². The van der Waals surface area contributed by atoms with Gasteiger partial charge in [0.05, 0.1) is 5.03 Å². The Hall–Kier alpha value is -1.23. The first-order valence-corrected chi connectivity index (χ1v) is 6.75. The maximum atomic E-state index is 13.3. The van der Waals surface area contributed by atoms with Gasteiger partial charge in [0, 0.05) is 0 Å². The first-order chi connectivity index (χ1) is 12.8. The van der Waals surface area contributed by atoms with Crippen LogP contribution in [0.5, 0.6) is 0 Å². The van der Waals surface area contributed by atoms with Crippen molar-refractivity contribution in [3.05, 3.63) is 11.4 Å². The van der Waals surface area contributed by atoms with E-state index in [9.17, 15) is 79.0 Å². The van der Waals surface area contributed by atoms with E-state index in [1.165, 1.54) is 0 Å². The van der Waals surface area contributed by atoms with E-state index in [1.807, 2.05) is 0 Å². The van der Waals surface area contributed by atoms with Gasteiger partial charge >= 0.3 is 41.7 Å². The summed E-state index contributed by atoms with van der Waals surface area (Å²) < 4.78 is 231. The van der Waals surface area contributed by atoms with Crippen LogP contribution in [0.15, 0.2) is 11.4 Å². The Morgan fingerprint density at radius 1 is 0.600 bits per heavy atom. The molecule has 0 N–H and O–H groups in total. The Bertz CT molecular complexity index is 627. The van der Waals surface area contributed by atoms with Crippen molar-refractivity contribution in [3.8, 4) is 0 Å². The van der Waals surface area contributed by atoms with Crippen molar-refractivity contribution in [2.45, 2.75) is 54.1 Å². The minimum atomic E-state index is -8.28. The summed E-state index contributed by atoms with van der Waals surface area (Å²) in [5.74, 6) is -31.3. The summed E-state index contributed by atoms with van der Waals surface area (Å²) in [6.45, 7) is 0. The molecule has 0 aromatic rings. The van der Waals surface area contributed by atoms with Gasteiger partial charge in [-0.25, -0.2) is 17.6 Å². The van der Waals surface area contributed by atoms with Gasteiger partial charge in [0.15, 0.2) is 0 Å². The predicted octanol–water partition coefficient (Wildman–Crippen LogP) is 7.09. The minimum absolute atomic E-state index is 1.46. The van der Waals surface area contributed by atoms with Crippen LogP contribution in [-0.2, 0) is 0 Å². The molecule has 19 heteroatoms. The molecular formula is C11H3ClF18. The van der Waals surface area contributed by atoms with Crippen LogP contribution in [0.1, 0.15) is 0 Å². The van der Waals surface area contributed by atoms with E-state index in [2.05, 4.69) is 11.6 Å². The maximum absolute atomic E-state index is 13.3. The quantitative estimate of drug-likeness (QED) is 0.320. The van der Waals surface area contributed by atoms with Crippen molar-refractivity contribution < 1.29 is 79.0 Å². The van der Waals surface area contributed by atoms with Gasteiger partial charge < -0.3 is 0 Å². The summed E-state index contributed by atoms with van der Waals surface area (Å²) in [7, 11) is 0. The molecule has 0 aliphatic rings. The monoisotopic (exact) mass is 512 g/mol. The first-order valence-electron chi connectivity index (χ1n) is 6.37. The average molecular weight is 513 g/mol. The molecule has 0 aromatic carbocycles.